The Kier molecular flexibility index (Phi) is 5.68. The number of nitrogens with zero attached hydrogens (tertiary/aromatic N) is 2. The fourth-order valence-corrected chi connectivity index (χ4v) is 5.00. The number of carbonyl (C=O) groups is 3. The van der Waals surface area contributed by atoms with Gasteiger partial charge in [-0.2, -0.15) is 4.31 Å². The Morgan fingerprint density at radius 1 is 1.19 bits per heavy atom. The zero-order valence-electron chi connectivity index (χ0n) is 14.4. The van der Waals surface area contributed by atoms with Crippen molar-refractivity contribution >= 4 is 45.2 Å². The van der Waals surface area contributed by atoms with Crippen molar-refractivity contribution in [3.63, 3.8) is 0 Å². The molecule has 9 nitrogen and oxygen atoms in total. The third-order valence-corrected chi connectivity index (χ3v) is 6.77. The average molecular weight is 415 g/mol. The summed E-state index contributed by atoms with van der Waals surface area (Å²) in [5.74, 6) is -1.12. The molecule has 27 heavy (non-hydrogen) atoms. The Labute approximate surface area is 161 Å². The Hall–Kier alpha value is -2.17. The molecular weight excluding hydrogens is 396 g/mol. The van der Waals surface area contributed by atoms with Gasteiger partial charge in [-0.3, -0.25) is 14.5 Å². The molecule has 0 atom stereocenters. The Morgan fingerprint density at radius 3 is 2.52 bits per heavy atom. The lowest BCUT2D eigenvalue weighted by Gasteiger charge is -2.26. The van der Waals surface area contributed by atoms with E-state index < -0.39 is 34.4 Å². The molecule has 2 saturated heterocycles. The maximum absolute atomic E-state index is 12.8. The smallest absolute Gasteiger partial charge is 0.325 e. The third kappa shape index (κ3) is 4.23. The molecule has 146 valence electrons. The lowest BCUT2D eigenvalue weighted by atomic mass is 10.2. The molecular formula is C16H19ClN4O5S. The molecule has 4 amide bonds. The van der Waals surface area contributed by atoms with Crippen LogP contribution in [0.3, 0.4) is 0 Å². The van der Waals surface area contributed by atoms with Gasteiger partial charge >= 0.3 is 6.03 Å². The van der Waals surface area contributed by atoms with Crippen LogP contribution in [0.25, 0.3) is 0 Å². The number of amides is 4. The minimum absolute atomic E-state index is 0.0627. The fourth-order valence-electron chi connectivity index (χ4n) is 2.98. The van der Waals surface area contributed by atoms with Crippen molar-refractivity contribution in [1.82, 2.24) is 14.5 Å². The van der Waals surface area contributed by atoms with Crippen LogP contribution < -0.4 is 10.6 Å². The standard InChI is InChI=1S/C16H19ClN4O5S/c17-12-5-4-11(19-14(22)10-21-15(23)9-18-16(21)24)8-13(12)27(25,26)20-6-2-1-3-7-20/h4-5,8H,1-3,6-7,9-10H2,(H,18,24)(H,19,22). The zero-order chi connectivity index (χ0) is 19.6. The average Bonchev–Trinajstić information content (AvgIpc) is 2.96. The fraction of sp³-hybridized carbons (Fsp3) is 0.438. The van der Waals surface area contributed by atoms with E-state index in [1.54, 1.807) is 0 Å². The molecule has 0 bridgehead atoms. The number of urea groups is 1. The number of sulfonamides is 1. The summed E-state index contributed by atoms with van der Waals surface area (Å²) in [4.78, 5) is 35.9. The van der Waals surface area contributed by atoms with E-state index in [4.69, 9.17) is 11.6 Å². The maximum Gasteiger partial charge on any atom is 0.325 e. The first-order valence-corrected chi connectivity index (χ1v) is 10.3. The summed E-state index contributed by atoms with van der Waals surface area (Å²) >= 11 is 6.09. The van der Waals surface area contributed by atoms with E-state index in [2.05, 4.69) is 10.6 Å². The van der Waals surface area contributed by atoms with Crippen LogP contribution in [0.1, 0.15) is 19.3 Å². The normalized spacial score (nSPS) is 18.5. The molecule has 0 aliphatic carbocycles. The molecule has 1 aromatic rings. The van der Waals surface area contributed by atoms with Gasteiger partial charge in [0.1, 0.15) is 11.4 Å². The number of benzene rings is 1. The molecule has 0 aromatic heterocycles. The molecule has 2 fully saturated rings. The third-order valence-electron chi connectivity index (χ3n) is 4.39. The van der Waals surface area contributed by atoms with Crippen LogP contribution in [0, 0.1) is 0 Å². The SMILES string of the molecule is O=C(CN1C(=O)CNC1=O)Nc1ccc(Cl)c(S(=O)(=O)N2CCCCC2)c1. The van der Waals surface area contributed by atoms with Gasteiger partial charge in [-0.05, 0) is 31.0 Å². The first-order chi connectivity index (χ1) is 12.8. The molecule has 2 aliphatic heterocycles. The number of rotatable bonds is 5. The van der Waals surface area contributed by atoms with Crippen LogP contribution in [-0.2, 0) is 19.6 Å². The van der Waals surface area contributed by atoms with E-state index in [1.165, 1.54) is 22.5 Å². The Morgan fingerprint density at radius 2 is 1.89 bits per heavy atom. The first kappa shape index (κ1) is 19.6. The lowest BCUT2D eigenvalue weighted by Crippen LogP contribution is -2.38. The molecule has 11 heteroatoms. The van der Waals surface area contributed by atoms with Gasteiger partial charge in [-0.25, -0.2) is 13.2 Å². The zero-order valence-corrected chi connectivity index (χ0v) is 16.0. The van der Waals surface area contributed by atoms with E-state index in [1.807, 2.05) is 0 Å². The van der Waals surface area contributed by atoms with Crippen molar-refractivity contribution in [2.45, 2.75) is 24.2 Å². The van der Waals surface area contributed by atoms with Crippen molar-refractivity contribution in [1.29, 1.82) is 0 Å². The van der Waals surface area contributed by atoms with Gasteiger partial charge in [0.15, 0.2) is 0 Å². The summed E-state index contributed by atoms with van der Waals surface area (Å²) < 4.78 is 27.1. The molecule has 0 unspecified atom stereocenters. The maximum atomic E-state index is 12.8. The van der Waals surface area contributed by atoms with Crippen molar-refractivity contribution in [2.75, 3.05) is 31.5 Å². The number of hydrogen-bond donors (Lipinski definition) is 2. The monoisotopic (exact) mass is 414 g/mol. The first-order valence-electron chi connectivity index (χ1n) is 8.47. The number of hydrogen-bond acceptors (Lipinski definition) is 5. The largest absolute Gasteiger partial charge is 0.329 e. The number of carbonyl (C=O) groups excluding carboxylic acids is 3. The van der Waals surface area contributed by atoms with Crippen LogP contribution in [0.5, 0.6) is 0 Å². The quantitative estimate of drug-likeness (QED) is 0.697. The molecule has 2 heterocycles. The summed E-state index contributed by atoms with van der Waals surface area (Å²) in [6, 6.07) is 3.50. The summed E-state index contributed by atoms with van der Waals surface area (Å²) in [6.45, 7) is 0.260. The summed E-state index contributed by atoms with van der Waals surface area (Å²) in [6.07, 6.45) is 2.57. The Balaban J connectivity index is 1.76. The summed E-state index contributed by atoms with van der Waals surface area (Å²) in [7, 11) is -3.77. The molecule has 0 saturated carbocycles. The second kappa shape index (κ2) is 7.83. The Bertz CT molecular complexity index is 867. The van der Waals surface area contributed by atoms with E-state index >= 15 is 0 Å². The van der Waals surface area contributed by atoms with Crippen LogP contribution in [0.15, 0.2) is 23.1 Å². The van der Waals surface area contributed by atoms with E-state index in [9.17, 15) is 22.8 Å². The van der Waals surface area contributed by atoms with Crippen molar-refractivity contribution in [2.24, 2.45) is 0 Å². The lowest BCUT2D eigenvalue weighted by molar-refractivity contribution is -0.128. The summed E-state index contributed by atoms with van der Waals surface area (Å²) in [5.41, 5.74) is 0.215. The molecule has 2 N–H and O–H groups in total. The number of imide groups is 1. The number of piperidine rings is 1. The van der Waals surface area contributed by atoms with Crippen LogP contribution in [-0.4, -0.2) is 61.6 Å². The molecule has 0 radical (unpaired) electrons. The minimum atomic E-state index is -3.77. The van der Waals surface area contributed by atoms with E-state index in [-0.39, 0.29) is 22.2 Å². The number of halogens is 1. The van der Waals surface area contributed by atoms with E-state index in [0.717, 1.165) is 24.2 Å². The van der Waals surface area contributed by atoms with Gasteiger partial charge in [-0.15, -0.1) is 0 Å². The highest BCUT2D eigenvalue weighted by Gasteiger charge is 2.31. The minimum Gasteiger partial charge on any atom is -0.329 e. The van der Waals surface area contributed by atoms with Gasteiger partial charge in [-0.1, -0.05) is 18.0 Å². The van der Waals surface area contributed by atoms with Gasteiger partial charge in [0.05, 0.1) is 11.6 Å². The van der Waals surface area contributed by atoms with Gasteiger partial charge in [0.2, 0.25) is 15.9 Å². The highest BCUT2D eigenvalue weighted by atomic mass is 35.5. The van der Waals surface area contributed by atoms with Gasteiger partial charge < -0.3 is 10.6 Å². The molecule has 0 spiro atoms. The van der Waals surface area contributed by atoms with Crippen LogP contribution in [0.4, 0.5) is 10.5 Å². The summed E-state index contributed by atoms with van der Waals surface area (Å²) in [5, 5.41) is 4.88. The predicted octanol–water partition coefficient (Wildman–Crippen LogP) is 1.00. The number of nitrogens with one attached hydrogen (secondary N) is 2. The van der Waals surface area contributed by atoms with Crippen molar-refractivity contribution < 1.29 is 22.8 Å². The van der Waals surface area contributed by atoms with Crippen LogP contribution >= 0.6 is 11.6 Å². The topological polar surface area (TPSA) is 116 Å². The van der Waals surface area contributed by atoms with Crippen molar-refractivity contribution in [3.05, 3.63) is 23.2 Å². The molecule has 2 aliphatic rings. The highest BCUT2D eigenvalue weighted by molar-refractivity contribution is 7.89. The van der Waals surface area contributed by atoms with Crippen LogP contribution in [0.2, 0.25) is 5.02 Å². The van der Waals surface area contributed by atoms with Gasteiger partial charge in [0.25, 0.3) is 5.91 Å². The molecule has 1 aromatic carbocycles. The van der Waals surface area contributed by atoms with Crippen molar-refractivity contribution in [3.8, 4) is 0 Å². The molecule has 3 rings (SSSR count). The predicted molar refractivity (Wildman–Crippen MR) is 97.8 cm³/mol. The number of anilines is 1. The van der Waals surface area contributed by atoms with E-state index in [0.29, 0.717) is 13.1 Å². The highest BCUT2D eigenvalue weighted by Crippen LogP contribution is 2.29. The second-order valence-corrected chi connectivity index (χ2v) is 8.61. The van der Waals surface area contributed by atoms with Gasteiger partial charge in [0, 0.05) is 18.8 Å². The second-order valence-electron chi connectivity index (χ2n) is 6.30.